The van der Waals surface area contributed by atoms with Crippen LogP contribution >= 0.6 is 0 Å². The third-order valence-corrected chi connectivity index (χ3v) is 6.36. The van der Waals surface area contributed by atoms with E-state index in [1.807, 2.05) is 37.3 Å². The van der Waals surface area contributed by atoms with E-state index in [1.165, 1.54) is 16.9 Å². The van der Waals surface area contributed by atoms with Gasteiger partial charge in [0.05, 0.1) is 12.2 Å². The zero-order valence-corrected chi connectivity index (χ0v) is 19.2. The van der Waals surface area contributed by atoms with Crippen molar-refractivity contribution >= 4 is 27.1 Å². The Morgan fingerprint density at radius 1 is 0.939 bits per heavy atom. The quantitative estimate of drug-likeness (QED) is 0.365. The molecule has 0 radical (unpaired) electrons. The average Bonchev–Trinajstić information content (AvgIpc) is 3.15. The summed E-state index contributed by atoms with van der Waals surface area (Å²) in [6.45, 7) is 3.81. The van der Waals surface area contributed by atoms with Crippen LogP contribution in [0, 0.1) is 6.92 Å². The average molecular weight is 465 g/mol. The molecule has 170 valence electrons. The minimum atomic E-state index is -4.13. The number of carbonyl (C=O) groups excluding carboxylic acids is 1. The standard InChI is InChI=1S/C25H24N2O5S/c1-3-31-25(28)21-10-7-11-22-24(21)26-23(17-14-19-8-5-4-6-9-19)27(22)32-33(29,30)20-15-12-18(2)13-16-20/h4-13,15-16H,3,14,17H2,1-2H3. The van der Waals surface area contributed by atoms with E-state index in [4.69, 9.17) is 9.02 Å². The van der Waals surface area contributed by atoms with E-state index in [9.17, 15) is 13.2 Å². The number of nitrogens with zero attached hydrogens (tertiary/aromatic N) is 2. The first kappa shape index (κ1) is 22.5. The summed E-state index contributed by atoms with van der Waals surface area (Å²) in [5, 5.41) is 0. The minimum absolute atomic E-state index is 0.0329. The second-order valence-electron chi connectivity index (χ2n) is 7.54. The van der Waals surface area contributed by atoms with E-state index in [1.54, 1.807) is 37.3 Å². The van der Waals surface area contributed by atoms with Crippen LogP contribution in [0.25, 0.3) is 11.0 Å². The SMILES string of the molecule is CCOC(=O)c1cccc2c1nc(CCc1ccccc1)n2OS(=O)(=O)c1ccc(C)cc1. The molecule has 33 heavy (non-hydrogen) atoms. The summed E-state index contributed by atoms with van der Waals surface area (Å²) in [5.74, 6) is -0.134. The van der Waals surface area contributed by atoms with E-state index in [0.29, 0.717) is 29.7 Å². The lowest BCUT2D eigenvalue weighted by atomic mass is 10.1. The molecule has 0 saturated heterocycles. The highest BCUT2D eigenvalue weighted by molar-refractivity contribution is 7.87. The van der Waals surface area contributed by atoms with Gasteiger partial charge in [-0.05, 0) is 50.1 Å². The Kier molecular flexibility index (Phi) is 6.46. The number of fused-ring (bicyclic) bond motifs is 1. The van der Waals surface area contributed by atoms with Crippen LogP contribution in [0.3, 0.4) is 0 Å². The van der Waals surface area contributed by atoms with Crippen molar-refractivity contribution in [2.24, 2.45) is 0 Å². The molecule has 0 bridgehead atoms. The molecule has 0 amide bonds. The maximum absolute atomic E-state index is 13.0. The van der Waals surface area contributed by atoms with E-state index in [2.05, 4.69) is 4.98 Å². The number of ether oxygens (including phenoxy) is 1. The minimum Gasteiger partial charge on any atom is -0.462 e. The van der Waals surface area contributed by atoms with Gasteiger partial charge in [-0.1, -0.05) is 54.1 Å². The Morgan fingerprint density at radius 3 is 2.36 bits per heavy atom. The highest BCUT2D eigenvalue weighted by Gasteiger charge is 2.24. The number of carbonyl (C=O) groups is 1. The first-order valence-electron chi connectivity index (χ1n) is 10.6. The summed E-state index contributed by atoms with van der Waals surface area (Å²) >= 11 is 0. The van der Waals surface area contributed by atoms with Gasteiger partial charge in [0, 0.05) is 6.42 Å². The number of rotatable bonds is 8. The number of hydrogen-bond donors (Lipinski definition) is 0. The summed E-state index contributed by atoms with van der Waals surface area (Å²) in [7, 11) is -4.13. The lowest BCUT2D eigenvalue weighted by Crippen LogP contribution is -2.22. The van der Waals surface area contributed by atoms with Gasteiger partial charge in [-0.15, -0.1) is 4.73 Å². The molecule has 0 spiro atoms. The molecule has 4 aromatic rings. The fraction of sp³-hybridized carbons (Fsp3) is 0.200. The highest BCUT2D eigenvalue weighted by Crippen LogP contribution is 2.23. The first-order valence-corrected chi connectivity index (χ1v) is 12.0. The smallest absolute Gasteiger partial charge is 0.357 e. The van der Waals surface area contributed by atoms with Gasteiger partial charge in [0.1, 0.15) is 21.8 Å². The van der Waals surface area contributed by atoms with Crippen molar-refractivity contribution in [1.29, 1.82) is 0 Å². The van der Waals surface area contributed by atoms with Gasteiger partial charge in [0.25, 0.3) is 0 Å². The molecule has 0 aliphatic heterocycles. The van der Waals surface area contributed by atoms with E-state index in [0.717, 1.165) is 11.1 Å². The van der Waals surface area contributed by atoms with Crippen molar-refractivity contribution in [3.8, 4) is 0 Å². The van der Waals surface area contributed by atoms with Gasteiger partial charge < -0.3 is 4.74 Å². The van der Waals surface area contributed by atoms with Gasteiger partial charge >= 0.3 is 16.1 Å². The van der Waals surface area contributed by atoms with Crippen molar-refractivity contribution in [3.05, 3.63) is 95.3 Å². The molecule has 7 nitrogen and oxygen atoms in total. The largest absolute Gasteiger partial charge is 0.462 e. The normalized spacial score (nSPS) is 11.5. The van der Waals surface area contributed by atoms with E-state index < -0.39 is 16.1 Å². The molecular weight excluding hydrogens is 440 g/mol. The molecule has 0 atom stereocenters. The van der Waals surface area contributed by atoms with Gasteiger partial charge in [-0.2, -0.15) is 8.42 Å². The van der Waals surface area contributed by atoms with Gasteiger partial charge in [-0.3, -0.25) is 4.28 Å². The van der Waals surface area contributed by atoms with Crippen LogP contribution in [-0.4, -0.2) is 30.7 Å². The number of aryl methyl sites for hydroxylation is 3. The van der Waals surface area contributed by atoms with Gasteiger partial charge in [0.2, 0.25) is 0 Å². The van der Waals surface area contributed by atoms with Crippen molar-refractivity contribution in [2.75, 3.05) is 6.61 Å². The molecule has 4 rings (SSSR count). The third-order valence-electron chi connectivity index (χ3n) is 5.17. The molecule has 0 saturated carbocycles. The summed E-state index contributed by atoms with van der Waals surface area (Å²) in [5.41, 5.74) is 2.97. The molecule has 0 unspecified atom stereocenters. The Bertz CT molecular complexity index is 1380. The van der Waals surface area contributed by atoms with Crippen LogP contribution in [0.5, 0.6) is 0 Å². The molecule has 0 aliphatic carbocycles. The van der Waals surface area contributed by atoms with Crippen molar-refractivity contribution in [1.82, 2.24) is 9.71 Å². The molecule has 8 heteroatoms. The monoisotopic (exact) mass is 464 g/mol. The maximum atomic E-state index is 13.0. The Hall–Kier alpha value is -3.65. The summed E-state index contributed by atoms with van der Waals surface area (Å²) in [6.07, 6.45) is 1.03. The van der Waals surface area contributed by atoms with Crippen molar-refractivity contribution in [2.45, 2.75) is 31.6 Å². The fourth-order valence-electron chi connectivity index (χ4n) is 3.49. The Labute approximate surface area is 192 Å². The summed E-state index contributed by atoms with van der Waals surface area (Å²) < 4.78 is 38.0. The van der Waals surface area contributed by atoms with Crippen LogP contribution in [0.15, 0.2) is 77.7 Å². The van der Waals surface area contributed by atoms with Crippen LogP contribution in [0.4, 0.5) is 0 Å². The number of benzene rings is 3. The van der Waals surface area contributed by atoms with Crippen LogP contribution in [0.2, 0.25) is 0 Å². The molecule has 1 aromatic heterocycles. The zero-order chi connectivity index (χ0) is 23.4. The van der Waals surface area contributed by atoms with Crippen molar-refractivity contribution < 1.29 is 22.2 Å². The molecule has 0 N–H and O–H groups in total. The molecule has 1 heterocycles. The number of imidazole rings is 1. The number of para-hydroxylation sites is 1. The predicted octanol–water partition coefficient (Wildman–Crippen LogP) is 4.12. The fourth-order valence-corrected chi connectivity index (χ4v) is 4.41. The number of hydrogen-bond acceptors (Lipinski definition) is 6. The first-order chi connectivity index (χ1) is 15.9. The lowest BCUT2D eigenvalue weighted by Gasteiger charge is -2.11. The number of aromatic nitrogens is 2. The second kappa shape index (κ2) is 9.46. The summed E-state index contributed by atoms with van der Waals surface area (Å²) in [4.78, 5) is 17.1. The van der Waals surface area contributed by atoms with Gasteiger partial charge in [0.15, 0.2) is 0 Å². The highest BCUT2D eigenvalue weighted by atomic mass is 32.2. The molecule has 3 aromatic carbocycles. The predicted molar refractivity (Wildman–Crippen MR) is 124 cm³/mol. The van der Waals surface area contributed by atoms with Crippen LogP contribution < -0.4 is 4.28 Å². The van der Waals surface area contributed by atoms with Crippen molar-refractivity contribution in [3.63, 3.8) is 0 Å². The van der Waals surface area contributed by atoms with Crippen LogP contribution in [-0.2, 0) is 27.7 Å². The maximum Gasteiger partial charge on any atom is 0.357 e. The topological polar surface area (TPSA) is 87.5 Å². The van der Waals surface area contributed by atoms with E-state index >= 15 is 0 Å². The van der Waals surface area contributed by atoms with E-state index in [-0.39, 0.29) is 17.1 Å². The lowest BCUT2D eigenvalue weighted by molar-refractivity contribution is 0.0528. The zero-order valence-electron chi connectivity index (χ0n) is 18.4. The second-order valence-corrected chi connectivity index (χ2v) is 9.07. The number of esters is 1. The Balaban J connectivity index is 1.78. The third kappa shape index (κ3) is 4.90. The van der Waals surface area contributed by atoms with Crippen LogP contribution in [0.1, 0.15) is 34.2 Å². The molecule has 0 aliphatic rings. The molecule has 0 fully saturated rings. The summed E-state index contributed by atoms with van der Waals surface area (Å²) in [6, 6.07) is 21.1. The Morgan fingerprint density at radius 2 is 1.67 bits per heavy atom. The van der Waals surface area contributed by atoms with Gasteiger partial charge in [-0.25, -0.2) is 9.78 Å². The molecular formula is C25H24N2O5S.